The normalized spacial score (nSPS) is 18.1. The van der Waals surface area contributed by atoms with Crippen molar-refractivity contribution in [3.05, 3.63) is 100 Å². The third kappa shape index (κ3) is 12.8. The van der Waals surface area contributed by atoms with Gasteiger partial charge in [0.15, 0.2) is 0 Å². The van der Waals surface area contributed by atoms with E-state index in [-0.39, 0.29) is 67.2 Å². The van der Waals surface area contributed by atoms with Gasteiger partial charge in [0.2, 0.25) is 5.91 Å². The van der Waals surface area contributed by atoms with Crippen molar-refractivity contribution in [1.29, 1.82) is 0 Å². The first-order valence-electron chi connectivity index (χ1n) is 23.1. The predicted octanol–water partition coefficient (Wildman–Crippen LogP) is 4.89. The highest BCUT2D eigenvalue weighted by atomic mass is 32.1. The highest BCUT2D eigenvalue weighted by Gasteiger charge is 2.35. The maximum Gasteiger partial charge on any atom is 0.275 e. The molecule has 9 N–H and O–H groups in total. The first kappa shape index (κ1) is 56.0. The Kier molecular flexibility index (Phi) is 17.1. The van der Waals surface area contributed by atoms with Crippen molar-refractivity contribution in [2.45, 2.75) is 84.4 Å². The summed E-state index contributed by atoms with van der Waals surface area (Å²) in [4.78, 5) is 125. The van der Waals surface area contributed by atoms with E-state index in [1.165, 1.54) is 79.6 Å². The summed E-state index contributed by atoms with van der Waals surface area (Å²) in [6.45, 7) is 10.0. The number of aliphatic hydroxyl groups excluding tert-OH is 2. The molecule has 7 aromatic rings. The van der Waals surface area contributed by atoms with Crippen LogP contribution in [-0.4, -0.2) is 122 Å². The van der Waals surface area contributed by atoms with Crippen molar-refractivity contribution in [3.8, 4) is 43.4 Å². The lowest BCUT2D eigenvalue weighted by atomic mass is 9.99. The molecule has 5 atom stereocenters. The van der Waals surface area contributed by atoms with Gasteiger partial charge >= 0.3 is 0 Å². The number of aromatic nitrogens is 7. The molecule has 0 spiro atoms. The number of rotatable bonds is 10. The van der Waals surface area contributed by atoms with Crippen molar-refractivity contribution in [2.24, 2.45) is 0 Å². The Hall–Kier alpha value is -7.22. The first-order valence-corrected chi connectivity index (χ1v) is 28.4. The molecule has 0 fully saturated rings. The van der Waals surface area contributed by atoms with Gasteiger partial charge in [-0.1, -0.05) is 12.2 Å². The zero-order valence-electron chi connectivity index (χ0n) is 41.6. The number of Topliss-reactive ketones (excluding diaryl/α,β-unsaturated/α-hetero) is 1. The topological polar surface area (TPSA) is 343 Å². The second-order valence-electron chi connectivity index (χ2n) is 17.6. The summed E-state index contributed by atoms with van der Waals surface area (Å²) in [7, 11) is 0. The fraction of sp³-hybridized carbons (Fsp3) is 0.292. The van der Waals surface area contributed by atoms with Crippen LogP contribution >= 0.6 is 68.0 Å². The average Bonchev–Trinajstić information content (AvgIpc) is 4.26. The Morgan fingerprint density at radius 1 is 0.662 bits per heavy atom. The summed E-state index contributed by atoms with van der Waals surface area (Å²) < 4.78 is 0. The van der Waals surface area contributed by atoms with E-state index < -0.39 is 71.4 Å². The standard InChI is InChI=1S/C48H47N13O10S6/c1-8-23(36(65)49-12-19(3)62)51-37(66)27-15-74-45(56-27)31-18-75-44(58-31)25-11-10-22-34(50-25)26-13-76-46(53-26)33(21(5)64)60-39(68)29-17-77-47(57-29)35(48(6,7)71)61-40(69)30-16-73-43(55-30)24(9-2)52-41(70)32(20(4)63)59-38(67)28-14-72-42(22)54-28/h8-11,13-18,20-21,32-33,35,63-64,71H,12H2,1-7H3,(H,49,65)(H,51,66)(H,52,70)(H,59,67)(H,60,68)(H,61,69)/b23-8+,24-9+. The zero-order valence-corrected chi connectivity index (χ0v) is 46.5. The molecule has 8 bridgehead atoms. The highest BCUT2D eigenvalue weighted by Crippen LogP contribution is 2.38. The van der Waals surface area contributed by atoms with E-state index in [9.17, 15) is 48.9 Å². The van der Waals surface area contributed by atoms with Crippen molar-refractivity contribution in [1.82, 2.24) is 66.8 Å². The quantitative estimate of drug-likeness (QED) is 0.0823. The Balaban J connectivity index is 1.15. The second kappa shape index (κ2) is 23.6. The highest BCUT2D eigenvalue weighted by molar-refractivity contribution is 7.15. The van der Waals surface area contributed by atoms with Crippen LogP contribution in [-0.2, 0) is 14.4 Å². The van der Waals surface area contributed by atoms with Crippen LogP contribution in [0.15, 0.2) is 62.3 Å². The fourth-order valence-corrected chi connectivity index (χ4v) is 12.4. The second-order valence-corrected chi connectivity index (χ2v) is 22.8. The van der Waals surface area contributed by atoms with Gasteiger partial charge in [-0.2, -0.15) is 0 Å². The molecule has 0 aliphatic carbocycles. The van der Waals surface area contributed by atoms with E-state index in [0.717, 1.165) is 56.7 Å². The lowest BCUT2D eigenvalue weighted by Crippen LogP contribution is -2.52. The number of hydrogen-bond donors (Lipinski definition) is 9. The van der Waals surface area contributed by atoms with Crippen LogP contribution in [0, 0.1) is 0 Å². The average molecular weight is 1160 g/mol. The molecule has 0 aromatic carbocycles. The van der Waals surface area contributed by atoms with E-state index in [1.54, 1.807) is 36.7 Å². The number of nitrogens with one attached hydrogen (secondary N) is 6. The Bertz CT molecular complexity index is 3490. The molecule has 6 amide bonds. The molecule has 1 aliphatic heterocycles. The minimum Gasteiger partial charge on any atom is -0.391 e. The van der Waals surface area contributed by atoms with Gasteiger partial charge in [0.05, 0.1) is 35.7 Å². The van der Waals surface area contributed by atoms with Crippen molar-refractivity contribution in [3.63, 3.8) is 0 Å². The molecular formula is C48H47N13O10S6. The Morgan fingerprint density at radius 3 is 1.87 bits per heavy atom. The molecule has 77 heavy (non-hydrogen) atoms. The summed E-state index contributed by atoms with van der Waals surface area (Å²) in [6, 6.07) is -0.270. The van der Waals surface area contributed by atoms with Crippen LogP contribution in [0.3, 0.4) is 0 Å². The largest absolute Gasteiger partial charge is 0.391 e. The molecular weight excluding hydrogens is 1110 g/mol. The lowest BCUT2D eigenvalue weighted by molar-refractivity contribution is -0.124. The summed E-state index contributed by atoms with van der Waals surface area (Å²) in [5.41, 5.74) is 0.133. The van der Waals surface area contributed by atoms with Crippen molar-refractivity contribution in [2.75, 3.05) is 6.54 Å². The molecule has 400 valence electrons. The van der Waals surface area contributed by atoms with E-state index in [1.807, 2.05) is 0 Å². The third-order valence-corrected chi connectivity index (χ3v) is 16.5. The molecule has 7 aromatic heterocycles. The molecule has 0 saturated carbocycles. The van der Waals surface area contributed by atoms with Gasteiger partial charge in [-0.25, -0.2) is 34.9 Å². The zero-order chi connectivity index (χ0) is 55.5. The van der Waals surface area contributed by atoms with Gasteiger partial charge in [0.1, 0.15) is 99.5 Å². The summed E-state index contributed by atoms with van der Waals surface area (Å²) in [5, 5.41) is 60.1. The fourth-order valence-electron chi connectivity index (χ4n) is 7.17. The Labute approximate surface area is 462 Å². The van der Waals surface area contributed by atoms with E-state index in [4.69, 9.17) is 15.0 Å². The smallest absolute Gasteiger partial charge is 0.275 e. The minimum atomic E-state index is -1.60. The molecule has 0 saturated heterocycles. The Morgan fingerprint density at radius 2 is 1.21 bits per heavy atom. The van der Waals surface area contributed by atoms with Gasteiger partial charge in [0, 0.05) is 37.8 Å². The van der Waals surface area contributed by atoms with Gasteiger partial charge in [-0.3, -0.25) is 33.6 Å². The number of hydrogen-bond acceptors (Lipinski definition) is 23. The van der Waals surface area contributed by atoms with Gasteiger partial charge in [-0.15, -0.1) is 68.0 Å². The SMILES string of the molecule is C/C=C(/NC(=O)c1csc(-c2csc(-c3ccc4c(n3)-c3csc(n3)C(C(C)O)NC(=O)c3csc(n3)C(C(C)(C)O)NC(=O)c3csc(n3)/C(=C\C)NC(=O)C(C(C)O)NC(=O)c3csc-4n3)n2)n1)C(=O)NCC(C)=O. The lowest BCUT2D eigenvalue weighted by Gasteiger charge is -2.28. The third-order valence-electron chi connectivity index (χ3n) is 11.2. The van der Waals surface area contributed by atoms with Crippen LogP contribution in [0.25, 0.3) is 49.1 Å². The van der Waals surface area contributed by atoms with Crippen LogP contribution in [0.5, 0.6) is 0 Å². The number of pyridine rings is 1. The maximum absolute atomic E-state index is 13.9. The van der Waals surface area contributed by atoms with Crippen LogP contribution in [0.1, 0.15) is 118 Å². The molecule has 0 radical (unpaired) electrons. The van der Waals surface area contributed by atoms with E-state index >= 15 is 0 Å². The predicted molar refractivity (Wildman–Crippen MR) is 291 cm³/mol. The number of ketones is 1. The number of amides is 6. The number of carbonyl (C=O) groups is 7. The molecule has 8 rings (SSSR count). The monoisotopic (exact) mass is 1160 g/mol. The van der Waals surface area contributed by atoms with Gasteiger partial charge in [-0.05, 0) is 60.6 Å². The molecule has 1 aliphatic rings. The summed E-state index contributed by atoms with van der Waals surface area (Å²) in [6.07, 6.45) is 0.364. The number of carbonyl (C=O) groups excluding carboxylic acids is 7. The van der Waals surface area contributed by atoms with Crippen molar-refractivity contribution >= 4 is 115 Å². The first-order chi connectivity index (χ1) is 36.6. The van der Waals surface area contributed by atoms with Crippen molar-refractivity contribution < 1.29 is 48.9 Å². The van der Waals surface area contributed by atoms with Gasteiger partial charge in [0.25, 0.3) is 29.5 Å². The molecule has 5 unspecified atom stereocenters. The summed E-state index contributed by atoms with van der Waals surface area (Å²) in [5.74, 6) is -4.50. The summed E-state index contributed by atoms with van der Waals surface area (Å²) >= 11 is 6.64. The number of allylic oxidation sites excluding steroid dienone is 2. The van der Waals surface area contributed by atoms with E-state index in [2.05, 4.69) is 51.8 Å². The number of fused-ring (bicyclic) bond motifs is 11. The number of nitrogens with zero attached hydrogens (tertiary/aromatic N) is 7. The van der Waals surface area contributed by atoms with Crippen LogP contribution in [0.4, 0.5) is 0 Å². The van der Waals surface area contributed by atoms with E-state index in [0.29, 0.717) is 37.7 Å². The minimum absolute atomic E-state index is 0.0221. The molecule has 29 heteroatoms. The van der Waals surface area contributed by atoms with Gasteiger partial charge < -0.3 is 47.2 Å². The molecule has 23 nitrogen and oxygen atoms in total. The molecule has 8 heterocycles. The van der Waals surface area contributed by atoms with Crippen LogP contribution in [0.2, 0.25) is 0 Å². The van der Waals surface area contributed by atoms with Crippen LogP contribution < -0.4 is 31.9 Å². The number of aliphatic hydroxyl groups is 3. The maximum atomic E-state index is 13.9. The number of thiazole rings is 6.